The van der Waals surface area contributed by atoms with Crippen LogP contribution in [-0.2, 0) is 4.79 Å². The van der Waals surface area contributed by atoms with Gasteiger partial charge in [-0.1, -0.05) is 103 Å². The third-order valence-electron chi connectivity index (χ3n) is 4.70. The van der Waals surface area contributed by atoms with E-state index in [1.165, 1.54) is 103 Å². The quantitative estimate of drug-likeness (QED) is 0.219. The van der Waals surface area contributed by atoms with Crippen LogP contribution in [0.25, 0.3) is 0 Å². The lowest BCUT2D eigenvalue weighted by atomic mass is 10.0. The topological polar surface area (TPSA) is 29.1 Å². The molecule has 2 nitrogen and oxygen atoms in total. The van der Waals surface area contributed by atoms with Crippen molar-refractivity contribution in [3.63, 3.8) is 0 Å². The Morgan fingerprint density at radius 1 is 0.652 bits per heavy atom. The first-order chi connectivity index (χ1) is 11.3. The van der Waals surface area contributed by atoms with E-state index in [2.05, 4.69) is 12.2 Å². The lowest BCUT2D eigenvalue weighted by Gasteiger charge is -2.06. The summed E-state index contributed by atoms with van der Waals surface area (Å²) < 4.78 is 0. The maximum Gasteiger partial charge on any atom is 0.136 e. The molecule has 0 saturated carbocycles. The predicted molar refractivity (Wildman–Crippen MR) is 103 cm³/mol. The SMILES string of the molecule is CCCCCCCCCCCCCCCCCCN[C@H](C)C=O. The van der Waals surface area contributed by atoms with Gasteiger partial charge in [0.05, 0.1) is 6.04 Å². The highest BCUT2D eigenvalue weighted by molar-refractivity contribution is 5.56. The zero-order valence-corrected chi connectivity index (χ0v) is 16.1. The van der Waals surface area contributed by atoms with Crippen LogP contribution in [0.3, 0.4) is 0 Å². The number of unbranched alkanes of at least 4 members (excludes halogenated alkanes) is 15. The van der Waals surface area contributed by atoms with Gasteiger partial charge in [0.2, 0.25) is 0 Å². The van der Waals surface area contributed by atoms with E-state index in [0.29, 0.717) is 0 Å². The Kier molecular flexibility index (Phi) is 19.4. The molecule has 2 heteroatoms. The summed E-state index contributed by atoms with van der Waals surface area (Å²) in [5, 5.41) is 3.21. The number of nitrogens with one attached hydrogen (secondary N) is 1. The molecule has 0 aromatic carbocycles. The molecule has 0 amide bonds. The molecular formula is C21H43NO. The van der Waals surface area contributed by atoms with E-state index in [9.17, 15) is 4.79 Å². The van der Waals surface area contributed by atoms with Crippen molar-refractivity contribution in [2.75, 3.05) is 6.54 Å². The van der Waals surface area contributed by atoms with E-state index in [4.69, 9.17) is 0 Å². The van der Waals surface area contributed by atoms with Gasteiger partial charge in [-0.15, -0.1) is 0 Å². The standard InChI is InChI=1S/C21H43NO/c1-3-4-5-6-7-8-9-10-11-12-13-14-15-16-17-18-19-22-21(2)20-23/h20-22H,3-19H2,1-2H3/t21-/m1/s1. The lowest BCUT2D eigenvalue weighted by molar-refractivity contribution is -0.109. The first kappa shape index (κ1) is 22.6. The molecule has 0 heterocycles. The zero-order chi connectivity index (χ0) is 17.0. The van der Waals surface area contributed by atoms with Crippen molar-refractivity contribution in [1.82, 2.24) is 5.32 Å². The van der Waals surface area contributed by atoms with Crippen molar-refractivity contribution in [3.8, 4) is 0 Å². The van der Waals surface area contributed by atoms with Gasteiger partial charge in [0.25, 0.3) is 0 Å². The smallest absolute Gasteiger partial charge is 0.136 e. The molecule has 0 bridgehead atoms. The van der Waals surface area contributed by atoms with Gasteiger partial charge in [0.1, 0.15) is 6.29 Å². The molecule has 1 atom stereocenters. The van der Waals surface area contributed by atoms with Gasteiger partial charge in [0, 0.05) is 0 Å². The van der Waals surface area contributed by atoms with Crippen LogP contribution in [0, 0.1) is 0 Å². The predicted octanol–water partition coefficient (Wildman–Crippen LogP) is 6.42. The lowest BCUT2D eigenvalue weighted by Crippen LogP contribution is -2.27. The summed E-state index contributed by atoms with van der Waals surface area (Å²) in [5.74, 6) is 0. The van der Waals surface area contributed by atoms with Crippen molar-refractivity contribution >= 4 is 6.29 Å². The molecular weight excluding hydrogens is 282 g/mol. The highest BCUT2D eigenvalue weighted by Crippen LogP contribution is 2.13. The minimum absolute atomic E-state index is 0.0198. The average molecular weight is 326 g/mol. The van der Waals surface area contributed by atoms with Crippen LogP contribution in [0.1, 0.15) is 117 Å². The maximum absolute atomic E-state index is 10.4. The number of carbonyl (C=O) groups is 1. The fraction of sp³-hybridized carbons (Fsp3) is 0.952. The summed E-state index contributed by atoms with van der Waals surface area (Å²) in [6, 6.07) is 0.0198. The van der Waals surface area contributed by atoms with Gasteiger partial charge >= 0.3 is 0 Å². The molecule has 0 aliphatic heterocycles. The van der Waals surface area contributed by atoms with Gasteiger partial charge in [0.15, 0.2) is 0 Å². The third kappa shape index (κ3) is 19.6. The van der Waals surface area contributed by atoms with E-state index < -0.39 is 0 Å². The molecule has 0 aliphatic carbocycles. The van der Waals surface area contributed by atoms with Crippen molar-refractivity contribution < 1.29 is 4.79 Å². The molecule has 0 aromatic rings. The van der Waals surface area contributed by atoms with Crippen LogP contribution >= 0.6 is 0 Å². The Labute approximate surface area is 146 Å². The summed E-state index contributed by atoms with van der Waals surface area (Å²) in [6.45, 7) is 5.19. The average Bonchev–Trinajstić information content (AvgIpc) is 2.57. The Morgan fingerprint density at radius 2 is 1.00 bits per heavy atom. The summed E-state index contributed by atoms with van der Waals surface area (Å²) in [6.07, 6.45) is 23.5. The number of hydrogen-bond donors (Lipinski definition) is 1. The fourth-order valence-electron chi connectivity index (χ4n) is 3.05. The molecule has 0 fully saturated rings. The van der Waals surface area contributed by atoms with E-state index in [0.717, 1.165) is 12.8 Å². The van der Waals surface area contributed by atoms with Crippen molar-refractivity contribution in [3.05, 3.63) is 0 Å². The number of rotatable bonds is 19. The molecule has 23 heavy (non-hydrogen) atoms. The van der Waals surface area contributed by atoms with Gasteiger partial charge in [-0.3, -0.25) is 0 Å². The van der Waals surface area contributed by atoms with Crippen LogP contribution in [0.4, 0.5) is 0 Å². The third-order valence-corrected chi connectivity index (χ3v) is 4.70. The van der Waals surface area contributed by atoms with Gasteiger partial charge in [-0.2, -0.15) is 0 Å². The van der Waals surface area contributed by atoms with E-state index in [1.54, 1.807) is 0 Å². The summed E-state index contributed by atoms with van der Waals surface area (Å²) in [4.78, 5) is 10.4. The van der Waals surface area contributed by atoms with Crippen molar-refractivity contribution in [2.24, 2.45) is 0 Å². The molecule has 1 N–H and O–H groups in total. The monoisotopic (exact) mass is 325 g/mol. The van der Waals surface area contributed by atoms with Crippen LogP contribution in [0.5, 0.6) is 0 Å². The zero-order valence-electron chi connectivity index (χ0n) is 16.1. The molecule has 0 saturated heterocycles. The molecule has 0 aromatic heterocycles. The van der Waals surface area contributed by atoms with Crippen LogP contribution < -0.4 is 5.32 Å². The minimum Gasteiger partial charge on any atom is -0.308 e. The fourth-order valence-corrected chi connectivity index (χ4v) is 3.05. The summed E-state index contributed by atoms with van der Waals surface area (Å²) in [5.41, 5.74) is 0. The first-order valence-corrected chi connectivity index (χ1v) is 10.5. The second kappa shape index (κ2) is 19.7. The molecule has 0 radical (unpaired) electrons. The Hall–Kier alpha value is -0.370. The number of hydrogen-bond acceptors (Lipinski definition) is 2. The molecule has 0 rings (SSSR count). The van der Waals surface area contributed by atoms with Crippen LogP contribution in [0.15, 0.2) is 0 Å². The van der Waals surface area contributed by atoms with Crippen molar-refractivity contribution in [1.29, 1.82) is 0 Å². The Bertz CT molecular complexity index is 230. The second-order valence-corrected chi connectivity index (χ2v) is 7.18. The minimum atomic E-state index is 0.0198. The highest BCUT2D eigenvalue weighted by atomic mass is 16.1. The molecule has 0 unspecified atom stereocenters. The summed E-state index contributed by atoms with van der Waals surface area (Å²) >= 11 is 0. The molecule has 0 spiro atoms. The van der Waals surface area contributed by atoms with Crippen LogP contribution in [-0.4, -0.2) is 18.9 Å². The van der Waals surface area contributed by atoms with Gasteiger partial charge in [-0.25, -0.2) is 0 Å². The Balaban J connectivity index is 2.99. The molecule has 0 aliphatic rings. The van der Waals surface area contributed by atoms with E-state index in [1.807, 2.05) is 6.92 Å². The summed E-state index contributed by atoms with van der Waals surface area (Å²) in [7, 11) is 0. The Morgan fingerprint density at radius 3 is 1.35 bits per heavy atom. The van der Waals surface area contributed by atoms with Gasteiger partial charge in [-0.05, 0) is 19.9 Å². The highest BCUT2D eigenvalue weighted by Gasteiger charge is 1.97. The number of carbonyl (C=O) groups excluding carboxylic acids is 1. The van der Waals surface area contributed by atoms with Gasteiger partial charge < -0.3 is 10.1 Å². The largest absolute Gasteiger partial charge is 0.308 e. The van der Waals surface area contributed by atoms with Crippen LogP contribution in [0.2, 0.25) is 0 Å². The number of aldehydes is 1. The first-order valence-electron chi connectivity index (χ1n) is 10.5. The molecule has 138 valence electrons. The normalized spacial score (nSPS) is 12.4. The second-order valence-electron chi connectivity index (χ2n) is 7.18. The maximum atomic E-state index is 10.4. The van der Waals surface area contributed by atoms with E-state index >= 15 is 0 Å². The van der Waals surface area contributed by atoms with Crippen molar-refractivity contribution in [2.45, 2.75) is 123 Å². The van der Waals surface area contributed by atoms with E-state index in [-0.39, 0.29) is 6.04 Å².